The van der Waals surface area contributed by atoms with Crippen LogP contribution in [0, 0.1) is 0 Å². The number of benzene rings is 1. The second-order valence-corrected chi connectivity index (χ2v) is 5.18. The fraction of sp³-hybridized carbons (Fsp3) is 0.375. The molecule has 0 saturated carbocycles. The number of hydrogen-bond donors (Lipinski definition) is 0. The molecule has 1 saturated heterocycles. The van der Waals surface area contributed by atoms with Crippen LogP contribution in [0.2, 0.25) is 0 Å². The average Bonchev–Trinajstić information content (AvgIpc) is 2.94. The fourth-order valence-corrected chi connectivity index (χ4v) is 2.74. The van der Waals surface area contributed by atoms with Crippen molar-refractivity contribution in [2.45, 2.75) is 18.9 Å². The topological polar surface area (TPSA) is 38.2 Å². The first-order valence-corrected chi connectivity index (χ1v) is 6.95. The lowest BCUT2D eigenvalue weighted by Crippen LogP contribution is -2.18. The quantitative estimate of drug-likeness (QED) is 0.858. The zero-order chi connectivity index (χ0) is 13.9. The van der Waals surface area contributed by atoms with E-state index in [0.717, 1.165) is 29.4 Å². The van der Waals surface area contributed by atoms with Crippen molar-refractivity contribution in [1.82, 2.24) is 14.9 Å². The summed E-state index contributed by atoms with van der Waals surface area (Å²) in [5.74, 6) is 1.59. The molecule has 2 aromatic rings. The van der Waals surface area contributed by atoms with Crippen LogP contribution in [0.4, 0.5) is 0 Å². The third-order valence-electron chi connectivity index (χ3n) is 3.87. The minimum Gasteiger partial charge on any atom is -0.497 e. The second kappa shape index (κ2) is 5.59. The molecular weight excluding hydrogens is 250 g/mol. The first-order valence-electron chi connectivity index (χ1n) is 6.95. The van der Waals surface area contributed by atoms with Crippen molar-refractivity contribution in [2.75, 3.05) is 20.7 Å². The van der Waals surface area contributed by atoms with E-state index in [1.165, 1.54) is 12.8 Å². The highest BCUT2D eigenvalue weighted by Crippen LogP contribution is 2.30. The Hall–Kier alpha value is -1.94. The molecule has 1 aromatic heterocycles. The number of methoxy groups -OCH3 is 1. The van der Waals surface area contributed by atoms with Crippen LogP contribution < -0.4 is 4.74 Å². The minimum atomic E-state index is 0.419. The van der Waals surface area contributed by atoms with Crippen molar-refractivity contribution in [1.29, 1.82) is 0 Å². The van der Waals surface area contributed by atoms with E-state index in [9.17, 15) is 0 Å². The maximum atomic E-state index is 5.26. The normalized spacial score (nSPS) is 19.2. The Morgan fingerprint density at radius 1 is 1.30 bits per heavy atom. The van der Waals surface area contributed by atoms with Crippen LogP contribution in [0.25, 0.3) is 11.4 Å². The first kappa shape index (κ1) is 13.1. The van der Waals surface area contributed by atoms with Gasteiger partial charge in [0.1, 0.15) is 5.75 Å². The molecule has 3 rings (SSSR count). The Labute approximate surface area is 119 Å². The number of likely N-dealkylation sites (tertiary alicyclic amines) is 1. The van der Waals surface area contributed by atoms with Gasteiger partial charge in [-0.1, -0.05) is 12.1 Å². The molecule has 1 aromatic carbocycles. The van der Waals surface area contributed by atoms with Gasteiger partial charge in [-0.05, 0) is 44.6 Å². The standard InChI is InChI=1S/C16H19N3O/c1-19-10-4-7-15(19)14-8-9-17-16(18-14)12-5-3-6-13(11-12)20-2/h3,5-6,8-9,11,15H,4,7,10H2,1-2H3/t15-/m1/s1. The van der Waals surface area contributed by atoms with Gasteiger partial charge in [-0.2, -0.15) is 0 Å². The number of aromatic nitrogens is 2. The monoisotopic (exact) mass is 269 g/mol. The van der Waals surface area contributed by atoms with Gasteiger partial charge >= 0.3 is 0 Å². The van der Waals surface area contributed by atoms with Crippen LogP contribution in [0.3, 0.4) is 0 Å². The van der Waals surface area contributed by atoms with Crippen molar-refractivity contribution < 1.29 is 4.74 Å². The van der Waals surface area contributed by atoms with Crippen LogP contribution in [0.15, 0.2) is 36.5 Å². The summed E-state index contributed by atoms with van der Waals surface area (Å²) in [5.41, 5.74) is 2.10. The molecule has 1 atom stereocenters. The van der Waals surface area contributed by atoms with Crippen molar-refractivity contribution in [3.05, 3.63) is 42.2 Å². The van der Waals surface area contributed by atoms with Gasteiger partial charge in [-0.15, -0.1) is 0 Å². The fourth-order valence-electron chi connectivity index (χ4n) is 2.74. The van der Waals surface area contributed by atoms with Gasteiger partial charge in [0.2, 0.25) is 0 Å². The smallest absolute Gasteiger partial charge is 0.159 e. The summed E-state index contributed by atoms with van der Waals surface area (Å²) in [5, 5.41) is 0. The van der Waals surface area contributed by atoms with E-state index in [1.807, 2.05) is 36.5 Å². The Balaban J connectivity index is 1.94. The van der Waals surface area contributed by atoms with Crippen LogP contribution in [0.1, 0.15) is 24.6 Å². The first-order chi connectivity index (χ1) is 9.78. The molecule has 1 aliphatic rings. The van der Waals surface area contributed by atoms with Crippen molar-refractivity contribution in [3.63, 3.8) is 0 Å². The molecule has 0 amide bonds. The van der Waals surface area contributed by atoms with Gasteiger partial charge in [-0.25, -0.2) is 9.97 Å². The summed E-state index contributed by atoms with van der Waals surface area (Å²) >= 11 is 0. The Morgan fingerprint density at radius 3 is 2.95 bits per heavy atom. The zero-order valence-electron chi connectivity index (χ0n) is 11.9. The lowest BCUT2D eigenvalue weighted by molar-refractivity contribution is 0.312. The molecule has 0 spiro atoms. The summed E-state index contributed by atoms with van der Waals surface area (Å²) in [4.78, 5) is 11.5. The molecule has 1 aliphatic heterocycles. The summed E-state index contributed by atoms with van der Waals surface area (Å²) in [7, 11) is 3.83. The molecule has 104 valence electrons. The molecule has 0 aliphatic carbocycles. The number of nitrogens with zero attached hydrogens (tertiary/aromatic N) is 3. The Bertz CT molecular complexity index is 600. The number of hydrogen-bond acceptors (Lipinski definition) is 4. The SMILES string of the molecule is COc1cccc(-c2nccc([C@H]3CCCN3C)n2)c1. The second-order valence-electron chi connectivity index (χ2n) is 5.18. The van der Waals surface area contributed by atoms with Gasteiger partial charge in [0.15, 0.2) is 5.82 Å². The van der Waals surface area contributed by atoms with E-state index >= 15 is 0 Å². The molecule has 4 nitrogen and oxygen atoms in total. The zero-order valence-corrected chi connectivity index (χ0v) is 11.9. The lowest BCUT2D eigenvalue weighted by atomic mass is 10.1. The number of ether oxygens (including phenoxy) is 1. The van der Waals surface area contributed by atoms with E-state index in [2.05, 4.69) is 16.9 Å². The van der Waals surface area contributed by atoms with E-state index in [1.54, 1.807) is 7.11 Å². The minimum absolute atomic E-state index is 0.419. The van der Waals surface area contributed by atoms with E-state index in [0.29, 0.717) is 6.04 Å². The van der Waals surface area contributed by atoms with Crippen LogP contribution in [-0.2, 0) is 0 Å². The average molecular weight is 269 g/mol. The van der Waals surface area contributed by atoms with Crippen molar-refractivity contribution in [2.24, 2.45) is 0 Å². The third kappa shape index (κ3) is 2.51. The van der Waals surface area contributed by atoms with Gasteiger partial charge in [0.25, 0.3) is 0 Å². The van der Waals surface area contributed by atoms with Crippen LogP contribution in [0.5, 0.6) is 5.75 Å². The molecule has 20 heavy (non-hydrogen) atoms. The third-order valence-corrected chi connectivity index (χ3v) is 3.87. The van der Waals surface area contributed by atoms with Gasteiger partial charge < -0.3 is 4.74 Å². The highest BCUT2D eigenvalue weighted by atomic mass is 16.5. The largest absolute Gasteiger partial charge is 0.497 e. The lowest BCUT2D eigenvalue weighted by Gasteiger charge is -2.19. The maximum Gasteiger partial charge on any atom is 0.159 e. The van der Waals surface area contributed by atoms with E-state index in [-0.39, 0.29) is 0 Å². The van der Waals surface area contributed by atoms with Crippen LogP contribution >= 0.6 is 0 Å². The van der Waals surface area contributed by atoms with Gasteiger partial charge in [0, 0.05) is 11.8 Å². The van der Waals surface area contributed by atoms with Crippen molar-refractivity contribution in [3.8, 4) is 17.1 Å². The number of rotatable bonds is 3. The van der Waals surface area contributed by atoms with Crippen LogP contribution in [-0.4, -0.2) is 35.6 Å². The Morgan fingerprint density at radius 2 is 2.20 bits per heavy atom. The highest BCUT2D eigenvalue weighted by Gasteiger charge is 2.24. The summed E-state index contributed by atoms with van der Waals surface area (Å²) in [6.45, 7) is 1.14. The maximum absolute atomic E-state index is 5.26. The molecule has 4 heteroatoms. The Kier molecular flexibility index (Phi) is 3.65. The predicted octanol–water partition coefficient (Wildman–Crippen LogP) is 2.92. The molecular formula is C16H19N3O. The van der Waals surface area contributed by atoms with Gasteiger partial charge in [-0.3, -0.25) is 4.90 Å². The van der Waals surface area contributed by atoms with Gasteiger partial charge in [0.05, 0.1) is 18.8 Å². The summed E-state index contributed by atoms with van der Waals surface area (Å²) in [6.07, 6.45) is 4.26. The highest BCUT2D eigenvalue weighted by molar-refractivity contribution is 5.57. The molecule has 0 radical (unpaired) electrons. The van der Waals surface area contributed by atoms with E-state index in [4.69, 9.17) is 9.72 Å². The molecule has 1 fully saturated rings. The molecule has 0 bridgehead atoms. The van der Waals surface area contributed by atoms with E-state index < -0.39 is 0 Å². The molecule has 0 N–H and O–H groups in total. The summed E-state index contributed by atoms with van der Waals surface area (Å²) < 4.78 is 5.26. The molecule has 2 heterocycles. The molecule has 0 unspecified atom stereocenters. The van der Waals surface area contributed by atoms with Crippen molar-refractivity contribution >= 4 is 0 Å². The predicted molar refractivity (Wildman–Crippen MR) is 78.6 cm³/mol. The summed E-state index contributed by atoms with van der Waals surface area (Å²) in [6, 6.07) is 10.3.